The molecule has 0 aromatic heterocycles. The Balaban J connectivity index is 2.13. The van der Waals surface area contributed by atoms with E-state index in [-0.39, 0.29) is 5.97 Å². The van der Waals surface area contributed by atoms with Crippen LogP contribution in [0.5, 0.6) is 0 Å². The summed E-state index contributed by atoms with van der Waals surface area (Å²) in [6.07, 6.45) is 0. The number of hydrogen-bond acceptors (Lipinski definition) is 2. The van der Waals surface area contributed by atoms with E-state index in [0.717, 1.165) is 0 Å². The van der Waals surface area contributed by atoms with E-state index in [1.165, 1.54) is 16.3 Å². The Labute approximate surface area is 109 Å². The van der Waals surface area contributed by atoms with E-state index in [1.807, 2.05) is 0 Å². The molecular weight excluding hydrogens is 241 g/mol. The Morgan fingerprint density at radius 1 is 1.00 bits per heavy atom. The second kappa shape index (κ2) is 4.72. The van der Waals surface area contributed by atoms with E-state index in [1.54, 1.807) is 7.11 Å². The highest BCUT2D eigenvalue weighted by atomic mass is 31.1. The molecule has 0 radical (unpaired) electrons. The van der Waals surface area contributed by atoms with Gasteiger partial charge in [0.15, 0.2) is 5.97 Å². The van der Waals surface area contributed by atoms with Crippen LogP contribution >= 0.6 is 7.92 Å². The minimum Gasteiger partial charge on any atom is -0.357 e. The second-order valence-corrected chi connectivity index (χ2v) is 6.55. The lowest BCUT2D eigenvalue weighted by atomic mass is 10.3. The van der Waals surface area contributed by atoms with Gasteiger partial charge in [-0.3, -0.25) is 0 Å². The first-order valence-electron chi connectivity index (χ1n) is 6.02. The minimum absolute atomic E-state index is 0.139. The standard InChI is InChI=1S/C15H16NOP/c1-16-13-10-6-7-11-14(13)18(15(16)17-2)12-8-4-3-5-9-12/h3-11,15H,1-2H3/t15-,18+/m1/s1. The maximum absolute atomic E-state index is 5.73. The van der Waals surface area contributed by atoms with Gasteiger partial charge in [0.1, 0.15) is 0 Å². The maximum Gasteiger partial charge on any atom is 0.156 e. The van der Waals surface area contributed by atoms with Crippen LogP contribution in [0.1, 0.15) is 0 Å². The first-order valence-corrected chi connectivity index (χ1v) is 7.43. The molecule has 0 amide bonds. The average Bonchev–Trinajstić information content (AvgIpc) is 2.73. The molecule has 92 valence electrons. The zero-order valence-electron chi connectivity index (χ0n) is 10.6. The number of ether oxygens (including phenoxy) is 1. The van der Waals surface area contributed by atoms with Gasteiger partial charge in [0.2, 0.25) is 0 Å². The molecule has 2 nitrogen and oxygen atoms in total. The van der Waals surface area contributed by atoms with Gasteiger partial charge in [-0.05, 0) is 11.4 Å². The highest BCUT2D eigenvalue weighted by Gasteiger charge is 2.37. The molecule has 0 unspecified atom stereocenters. The zero-order valence-corrected chi connectivity index (χ0v) is 11.5. The lowest BCUT2D eigenvalue weighted by molar-refractivity contribution is 0.172. The second-order valence-electron chi connectivity index (χ2n) is 4.37. The third kappa shape index (κ3) is 1.73. The van der Waals surface area contributed by atoms with Gasteiger partial charge in [-0.1, -0.05) is 48.5 Å². The lowest BCUT2D eigenvalue weighted by Crippen LogP contribution is -2.29. The van der Waals surface area contributed by atoms with Crippen molar-refractivity contribution in [3.05, 3.63) is 54.6 Å². The third-order valence-corrected chi connectivity index (χ3v) is 6.07. The monoisotopic (exact) mass is 257 g/mol. The van der Waals surface area contributed by atoms with Gasteiger partial charge in [0.25, 0.3) is 0 Å². The number of rotatable bonds is 2. The zero-order chi connectivity index (χ0) is 12.5. The van der Waals surface area contributed by atoms with Crippen LogP contribution in [-0.4, -0.2) is 20.1 Å². The van der Waals surface area contributed by atoms with Crippen LogP contribution in [0.3, 0.4) is 0 Å². The van der Waals surface area contributed by atoms with Crippen molar-refractivity contribution in [1.29, 1.82) is 0 Å². The molecule has 1 aliphatic heterocycles. The van der Waals surface area contributed by atoms with Crippen LogP contribution in [0.15, 0.2) is 54.6 Å². The molecule has 0 fully saturated rings. The summed E-state index contributed by atoms with van der Waals surface area (Å²) < 4.78 is 5.73. The first kappa shape index (κ1) is 11.7. The summed E-state index contributed by atoms with van der Waals surface area (Å²) in [7, 11) is 3.45. The number of hydrogen-bond donors (Lipinski definition) is 0. The van der Waals surface area contributed by atoms with Crippen LogP contribution in [-0.2, 0) is 4.74 Å². The number of para-hydroxylation sites is 1. The largest absolute Gasteiger partial charge is 0.357 e. The summed E-state index contributed by atoms with van der Waals surface area (Å²) in [5.41, 5.74) is 1.29. The minimum atomic E-state index is -0.455. The number of fused-ring (bicyclic) bond motifs is 1. The molecule has 3 heteroatoms. The van der Waals surface area contributed by atoms with Gasteiger partial charge in [-0.25, -0.2) is 0 Å². The van der Waals surface area contributed by atoms with E-state index in [0.29, 0.717) is 0 Å². The summed E-state index contributed by atoms with van der Waals surface area (Å²) in [5, 5.41) is 2.78. The Hall–Kier alpha value is -1.37. The van der Waals surface area contributed by atoms with Crippen LogP contribution in [0.4, 0.5) is 5.69 Å². The summed E-state index contributed by atoms with van der Waals surface area (Å²) in [6, 6.07) is 19.3. The summed E-state index contributed by atoms with van der Waals surface area (Å²) in [6.45, 7) is 0. The van der Waals surface area contributed by atoms with Crippen molar-refractivity contribution in [1.82, 2.24) is 0 Å². The van der Waals surface area contributed by atoms with Gasteiger partial charge in [-0.15, -0.1) is 0 Å². The Morgan fingerprint density at radius 2 is 1.67 bits per heavy atom. The predicted molar refractivity (Wildman–Crippen MR) is 78.3 cm³/mol. The smallest absolute Gasteiger partial charge is 0.156 e. The summed E-state index contributed by atoms with van der Waals surface area (Å²) in [4.78, 5) is 2.24. The van der Waals surface area contributed by atoms with E-state index >= 15 is 0 Å². The van der Waals surface area contributed by atoms with Crippen molar-refractivity contribution in [2.24, 2.45) is 0 Å². The molecule has 2 aromatic rings. The lowest BCUT2D eigenvalue weighted by Gasteiger charge is -2.25. The van der Waals surface area contributed by atoms with Crippen molar-refractivity contribution in [2.45, 2.75) is 5.97 Å². The van der Waals surface area contributed by atoms with Crippen LogP contribution in [0.25, 0.3) is 0 Å². The number of methoxy groups -OCH3 is 1. The van der Waals surface area contributed by atoms with Gasteiger partial charge in [-0.2, -0.15) is 0 Å². The Kier molecular flexibility index (Phi) is 3.07. The maximum atomic E-state index is 5.73. The van der Waals surface area contributed by atoms with Gasteiger partial charge >= 0.3 is 0 Å². The average molecular weight is 257 g/mol. The van der Waals surface area contributed by atoms with Gasteiger partial charge < -0.3 is 9.64 Å². The first-order chi connectivity index (χ1) is 8.83. The molecule has 0 aliphatic carbocycles. The molecule has 0 saturated heterocycles. The fourth-order valence-corrected chi connectivity index (χ4v) is 5.17. The molecule has 0 bridgehead atoms. The fourth-order valence-electron chi connectivity index (χ4n) is 2.50. The highest BCUT2D eigenvalue weighted by molar-refractivity contribution is 7.74. The molecule has 2 atom stereocenters. The third-order valence-electron chi connectivity index (χ3n) is 3.32. The SMILES string of the molecule is CO[C@H]1N(C)c2ccccc2[P@]1c1ccccc1. The number of benzene rings is 2. The van der Waals surface area contributed by atoms with Crippen molar-refractivity contribution in [2.75, 3.05) is 19.1 Å². The number of nitrogens with zero attached hydrogens (tertiary/aromatic N) is 1. The molecular formula is C15H16NOP. The molecule has 1 aliphatic rings. The normalized spacial score (nSPS) is 22.0. The molecule has 0 spiro atoms. The predicted octanol–water partition coefficient (Wildman–Crippen LogP) is 2.50. The summed E-state index contributed by atoms with van der Waals surface area (Å²) >= 11 is 0. The summed E-state index contributed by atoms with van der Waals surface area (Å²) in [5.74, 6) is 0.139. The van der Waals surface area contributed by atoms with Crippen LogP contribution in [0, 0.1) is 0 Å². The van der Waals surface area contributed by atoms with Crippen molar-refractivity contribution in [3.63, 3.8) is 0 Å². The number of anilines is 1. The Morgan fingerprint density at radius 3 is 2.39 bits per heavy atom. The van der Waals surface area contributed by atoms with Crippen molar-refractivity contribution < 1.29 is 4.74 Å². The van der Waals surface area contributed by atoms with E-state index in [2.05, 4.69) is 66.5 Å². The molecule has 0 N–H and O–H groups in total. The van der Waals surface area contributed by atoms with Crippen molar-refractivity contribution >= 4 is 24.2 Å². The van der Waals surface area contributed by atoms with Gasteiger partial charge in [0.05, 0.1) is 0 Å². The van der Waals surface area contributed by atoms with Gasteiger partial charge in [0, 0.05) is 33.1 Å². The molecule has 1 heterocycles. The molecule has 18 heavy (non-hydrogen) atoms. The molecule has 2 aromatic carbocycles. The Bertz CT molecular complexity index is 543. The highest BCUT2D eigenvalue weighted by Crippen LogP contribution is 2.49. The topological polar surface area (TPSA) is 12.5 Å². The molecule has 0 saturated carbocycles. The van der Waals surface area contributed by atoms with E-state index in [9.17, 15) is 0 Å². The molecule has 3 rings (SSSR count). The van der Waals surface area contributed by atoms with E-state index in [4.69, 9.17) is 4.74 Å². The fraction of sp³-hybridized carbons (Fsp3) is 0.200. The van der Waals surface area contributed by atoms with Crippen LogP contribution in [0.2, 0.25) is 0 Å². The van der Waals surface area contributed by atoms with E-state index < -0.39 is 7.92 Å². The van der Waals surface area contributed by atoms with Crippen molar-refractivity contribution in [3.8, 4) is 0 Å². The quantitative estimate of drug-likeness (QED) is 0.766. The van der Waals surface area contributed by atoms with Crippen LogP contribution < -0.4 is 15.5 Å².